The van der Waals surface area contributed by atoms with E-state index in [0.717, 1.165) is 29.7 Å². The van der Waals surface area contributed by atoms with Crippen molar-refractivity contribution in [2.45, 2.75) is 64.3 Å². The molecule has 1 saturated carbocycles. The van der Waals surface area contributed by atoms with Crippen molar-refractivity contribution in [2.24, 2.45) is 0 Å². The molecule has 1 aliphatic carbocycles. The quantitative estimate of drug-likeness (QED) is 0.886. The topological polar surface area (TPSA) is 57.8 Å². The number of aryl methyl sites for hydroxylation is 1. The van der Waals surface area contributed by atoms with Gasteiger partial charge in [-0.25, -0.2) is 4.98 Å². The number of anilines is 1. The third-order valence-electron chi connectivity index (χ3n) is 4.89. The Morgan fingerprint density at radius 1 is 1.08 bits per heavy atom. The van der Waals surface area contributed by atoms with Crippen molar-refractivity contribution in [3.05, 3.63) is 57.5 Å². The minimum atomic E-state index is -0.0281. The van der Waals surface area contributed by atoms with Crippen molar-refractivity contribution in [2.75, 3.05) is 5.32 Å². The lowest BCUT2D eigenvalue weighted by atomic mass is 9.97. The summed E-state index contributed by atoms with van der Waals surface area (Å²) >= 11 is 0. The zero-order valence-electron chi connectivity index (χ0n) is 14.5. The van der Waals surface area contributed by atoms with Crippen LogP contribution in [-0.2, 0) is 6.42 Å². The highest BCUT2D eigenvalue weighted by atomic mass is 16.1. The summed E-state index contributed by atoms with van der Waals surface area (Å²) in [5.41, 5.74) is 2.67. The van der Waals surface area contributed by atoms with Gasteiger partial charge in [0.2, 0.25) is 5.95 Å². The Morgan fingerprint density at radius 2 is 1.75 bits per heavy atom. The highest BCUT2D eigenvalue weighted by molar-refractivity contribution is 5.33. The van der Waals surface area contributed by atoms with Gasteiger partial charge in [0.1, 0.15) is 0 Å². The lowest BCUT2D eigenvalue weighted by molar-refractivity contribution is 0.469. The fourth-order valence-corrected chi connectivity index (χ4v) is 3.48. The molecule has 1 heterocycles. The molecule has 1 fully saturated rings. The second-order valence-electron chi connectivity index (χ2n) is 6.83. The summed E-state index contributed by atoms with van der Waals surface area (Å²) in [7, 11) is 0. The minimum absolute atomic E-state index is 0.0281. The van der Waals surface area contributed by atoms with E-state index in [0.29, 0.717) is 18.4 Å². The fourth-order valence-electron chi connectivity index (χ4n) is 3.48. The second kappa shape index (κ2) is 8.13. The van der Waals surface area contributed by atoms with E-state index < -0.39 is 0 Å². The molecule has 0 saturated heterocycles. The van der Waals surface area contributed by atoms with Gasteiger partial charge in [-0.15, -0.1) is 0 Å². The van der Waals surface area contributed by atoms with E-state index >= 15 is 0 Å². The third kappa shape index (κ3) is 4.47. The average Bonchev–Trinajstić information content (AvgIpc) is 2.54. The van der Waals surface area contributed by atoms with Gasteiger partial charge in [-0.2, -0.15) is 0 Å². The highest BCUT2D eigenvalue weighted by Gasteiger charge is 2.14. The van der Waals surface area contributed by atoms with E-state index in [9.17, 15) is 4.79 Å². The summed E-state index contributed by atoms with van der Waals surface area (Å²) in [5, 5.41) is 3.45. The molecule has 0 bridgehead atoms. The van der Waals surface area contributed by atoms with Crippen LogP contribution in [0, 0.1) is 6.92 Å². The molecule has 24 heavy (non-hydrogen) atoms. The van der Waals surface area contributed by atoms with Gasteiger partial charge in [-0.1, -0.05) is 62.4 Å². The van der Waals surface area contributed by atoms with Crippen molar-refractivity contribution in [3.63, 3.8) is 0 Å². The van der Waals surface area contributed by atoms with Gasteiger partial charge in [-0.3, -0.25) is 9.78 Å². The number of hydrogen-bond acceptors (Lipinski definition) is 3. The van der Waals surface area contributed by atoms with E-state index in [2.05, 4.69) is 15.3 Å². The van der Waals surface area contributed by atoms with Crippen LogP contribution in [0.2, 0.25) is 0 Å². The maximum absolute atomic E-state index is 12.5. The number of rotatable bonds is 4. The molecule has 2 aromatic rings. The number of nitrogens with zero attached hydrogens (tertiary/aromatic N) is 1. The molecule has 1 aromatic heterocycles. The molecule has 1 aromatic carbocycles. The van der Waals surface area contributed by atoms with Crippen LogP contribution in [0.3, 0.4) is 0 Å². The van der Waals surface area contributed by atoms with E-state index in [1.54, 1.807) is 0 Å². The Hall–Kier alpha value is -2.10. The fraction of sp³-hybridized carbons (Fsp3) is 0.500. The second-order valence-corrected chi connectivity index (χ2v) is 6.83. The third-order valence-corrected chi connectivity index (χ3v) is 4.89. The van der Waals surface area contributed by atoms with Crippen molar-refractivity contribution in [3.8, 4) is 0 Å². The smallest absolute Gasteiger partial charge is 0.256 e. The van der Waals surface area contributed by atoms with Crippen LogP contribution in [0.15, 0.2) is 35.1 Å². The Balaban J connectivity index is 1.73. The van der Waals surface area contributed by atoms with Crippen LogP contribution in [0.4, 0.5) is 5.95 Å². The maximum Gasteiger partial charge on any atom is 0.256 e. The van der Waals surface area contributed by atoms with Gasteiger partial charge < -0.3 is 5.32 Å². The van der Waals surface area contributed by atoms with Crippen LogP contribution in [-0.4, -0.2) is 16.0 Å². The molecule has 0 amide bonds. The molecular weight excluding hydrogens is 298 g/mol. The summed E-state index contributed by atoms with van der Waals surface area (Å²) in [5.74, 6) is 0.625. The average molecular weight is 325 g/mol. The van der Waals surface area contributed by atoms with E-state index in [-0.39, 0.29) is 5.56 Å². The van der Waals surface area contributed by atoms with Crippen LogP contribution in [0.25, 0.3) is 0 Å². The molecule has 4 heteroatoms. The van der Waals surface area contributed by atoms with Crippen LogP contribution in [0.5, 0.6) is 0 Å². The first-order valence-corrected chi connectivity index (χ1v) is 9.12. The van der Waals surface area contributed by atoms with Crippen LogP contribution >= 0.6 is 0 Å². The van der Waals surface area contributed by atoms with Crippen molar-refractivity contribution < 1.29 is 0 Å². The van der Waals surface area contributed by atoms with Gasteiger partial charge >= 0.3 is 0 Å². The van der Waals surface area contributed by atoms with Crippen molar-refractivity contribution in [1.82, 2.24) is 9.97 Å². The highest BCUT2D eigenvalue weighted by Crippen LogP contribution is 2.19. The molecule has 2 N–H and O–H groups in total. The normalized spacial score (nSPS) is 16.4. The lowest BCUT2D eigenvalue weighted by Crippen LogP contribution is -2.26. The van der Waals surface area contributed by atoms with Gasteiger partial charge in [0.05, 0.1) is 5.69 Å². The van der Waals surface area contributed by atoms with Crippen molar-refractivity contribution >= 4 is 5.95 Å². The lowest BCUT2D eigenvalue weighted by Gasteiger charge is -2.21. The number of aromatic nitrogens is 2. The summed E-state index contributed by atoms with van der Waals surface area (Å²) in [6, 6.07) is 10.5. The zero-order valence-corrected chi connectivity index (χ0v) is 14.5. The van der Waals surface area contributed by atoms with Crippen LogP contribution < -0.4 is 10.9 Å². The van der Waals surface area contributed by atoms with Gasteiger partial charge in [0, 0.05) is 18.0 Å². The number of aromatic amines is 1. The van der Waals surface area contributed by atoms with E-state index in [1.807, 2.05) is 37.3 Å². The van der Waals surface area contributed by atoms with Crippen molar-refractivity contribution in [1.29, 1.82) is 0 Å². The SMILES string of the molecule is Cc1nc(NC2CCCCCCC2)[nH]c(=O)c1Cc1ccccc1. The summed E-state index contributed by atoms with van der Waals surface area (Å²) in [6.07, 6.45) is 9.45. The number of H-pyrrole nitrogens is 1. The molecular formula is C20H27N3O. The summed E-state index contributed by atoms with van der Waals surface area (Å²) in [4.78, 5) is 20.0. The summed E-state index contributed by atoms with van der Waals surface area (Å²) in [6.45, 7) is 1.93. The Kier molecular flexibility index (Phi) is 5.68. The molecule has 1 aliphatic rings. The zero-order chi connectivity index (χ0) is 16.8. The molecule has 0 unspecified atom stereocenters. The first kappa shape index (κ1) is 16.7. The molecule has 0 radical (unpaired) electrons. The van der Waals surface area contributed by atoms with Gasteiger partial charge in [-0.05, 0) is 25.3 Å². The summed E-state index contributed by atoms with van der Waals surface area (Å²) < 4.78 is 0. The predicted molar refractivity (Wildman–Crippen MR) is 98.6 cm³/mol. The Labute approximate surface area is 143 Å². The first-order chi connectivity index (χ1) is 11.7. The van der Waals surface area contributed by atoms with Gasteiger partial charge in [0.25, 0.3) is 5.56 Å². The Bertz CT molecular complexity index is 701. The molecule has 0 aliphatic heterocycles. The number of hydrogen-bond donors (Lipinski definition) is 2. The molecule has 128 valence electrons. The largest absolute Gasteiger partial charge is 0.353 e. The molecule has 0 atom stereocenters. The van der Waals surface area contributed by atoms with Gasteiger partial charge in [0.15, 0.2) is 0 Å². The van der Waals surface area contributed by atoms with E-state index in [1.165, 1.54) is 32.1 Å². The molecule has 0 spiro atoms. The molecule has 3 rings (SSSR count). The maximum atomic E-state index is 12.5. The standard InChI is InChI=1S/C20H27N3O/c1-15-18(14-16-10-6-5-7-11-16)19(24)23-20(21-15)22-17-12-8-3-2-4-9-13-17/h5-7,10-11,17H,2-4,8-9,12-14H2,1H3,(H2,21,22,23,24). The van der Waals surface area contributed by atoms with Crippen LogP contribution in [0.1, 0.15) is 61.8 Å². The van der Waals surface area contributed by atoms with E-state index in [4.69, 9.17) is 0 Å². The minimum Gasteiger partial charge on any atom is -0.353 e. The first-order valence-electron chi connectivity index (χ1n) is 9.12. The predicted octanol–water partition coefficient (Wildman–Crippen LogP) is 4.19. The monoisotopic (exact) mass is 325 g/mol. The molecule has 4 nitrogen and oxygen atoms in total. The number of benzene rings is 1. The Morgan fingerprint density at radius 3 is 2.42 bits per heavy atom. The number of nitrogens with one attached hydrogen (secondary N) is 2.